The van der Waals surface area contributed by atoms with Crippen LogP contribution in [0.25, 0.3) is 11.0 Å². The summed E-state index contributed by atoms with van der Waals surface area (Å²) < 4.78 is 0. The van der Waals surface area contributed by atoms with Crippen LogP contribution in [0, 0.1) is 0 Å². The molecule has 0 spiro atoms. The number of fused-ring (bicyclic) bond motifs is 1. The number of nitrogens with zero attached hydrogens (tertiary/aromatic N) is 1. The zero-order chi connectivity index (χ0) is 11.8. The van der Waals surface area contributed by atoms with Crippen molar-refractivity contribution in [3.8, 4) is 0 Å². The number of imidazole rings is 1. The molecular formula is C11H8N4O2. The van der Waals surface area contributed by atoms with Gasteiger partial charge in [-0.25, -0.2) is 4.79 Å². The summed E-state index contributed by atoms with van der Waals surface area (Å²) in [6.45, 7) is 0. The third-order valence-corrected chi connectivity index (χ3v) is 2.52. The molecule has 0 atom stereocenters. The fraction of sp³-hybridized carbons (Fsp3) is 0. The average molecular weight is 228 g/mol. The first-order valence-corrected chi connectivity index (χ1v) is 5.00. The number of rotatable bonds is 2. The Labute approximate surface area is 94.7 Å². The summed E-state index contributed by atoms with van der Waals surface area (Å²) in [5.74, 6) is -0.161. The van der Waals surface area contributed by atoms with E-state index in [-0.39, 0.29) is 11.5 Å². The Hall–Kier alpha value is -2.63. The number of carbonyl (C=O) groups is 1. The first-order valence-electron chi connectivity index (χ1n) is 5.00. The van der Waals surface area contributed by atoms with Gasteiger partial charge in [0.25, 0.3) is 0 Å². The van der Waals surface area contributed by atoms with E-state index in [4.69, 9.17) is 0 Å². The molecule has 6 nitrogen and oxygen atoms in total. The molecule has 3 rings (SSSR count). The maximum absolute atomic E-state index is 12.0. The number of aromatic nitrogens is 4. The second kappa shape index (κ2) is 3.44. The van der Waals surface area contributed by atoms with Gasteiger partial charge in [-0.3, -0.25) is 9.89 Å². The van der Waals surface area contributed by atoms with Gasteiger partial charge in [-0.2, -0.15) is 5.10 Å². The molecular weight excluding hydrogens is 220 g/mol. The Balaban J connectivity index is 2.12. The maximum atomic E-state index is 12.0. The smallest absolute Gasteiger partial charge is 0.306 e. The standard InChI is InChI=1S/C11H8N4O2/c16-10(8-3-4-12-15-8)6-1-2-7-9(5-6)14-11(17)13-7/h1-5H,(H,12,15)(H2,13,14,17). The molecule has 0 unspecified atom stereocenters. The van der Waals surface area contributed by atoms with Gasteiger partial charge < -0.3 is 9.97 Å². The van der Waals surface area contributed by atoms with Crippen molar-refractivity contribution in [2.75, 3.05) is 0 Å². The fourth-order valence-corrected chi connectivity index (χ4v) is 1.71. The van der Waals surface area contributed by atoms with E-state index in [1.54, 1.807) is 24.3 Å². The van der Waals surface area contributed by atoms with Crippen LogP contribution in [-0.2, 0) is 0 Å². The van der Waals surface area contributed by atoms with Crippen LogP contribution in [0.5, 0.6) is 0 Å². The average Bonchev–Trinajstić information content (AvgIpc) is 2.94. The minimum atomic E-state index is -0.286. The van der Waals surface area contributed by atoms with Gasteiger partial charge in [0, 0.05) is 11.8 Å². The first kappa shape index (κ1) is 9.59. The summed E-state index contributed by atoms with van der Waals surface area (Å²) in [5, 5.41) is 6.33. The molecule has 3 aromatic rings. The molecule has 0 amide bonds. The Morgan fingerprint density at radius 1 is 1.12 bits per heavy atom. The van der Waals surface area contributed by atoms with Crippen molar-refractivity contribution in [2.45, 2.75) is 0 Å². The minimum absolute atomic E-state index is 0.161. The van der Waals surface area contributed by atoms with Crippen molar-refractivity contribution in [3.63, 3.8) is 0 Å². The number of benzene rings is 1. The largest absolute Gasteiger partial charge is 0.323 e. The van der Waals surface area contributed by atoms with Crippen LogP contribution in [0.2, 0.25) is 0 Å². The number of nitrogens with one attached hydrogen (secondary N) is 3. The summed E-state index contributed by atoms with van der Waals surface area (Å²) >= 11 is 0. The zero-order valence-electron chi connectivity index (χ0n) is 8.65. The predicted octanol–water partition coefficient (Wildman–Crippen LogP) is 0.810. The van der Waals surface area contributed by atoms with Gasteiger partial charge >= 0.3 is 5.69 Å². The van der Waals surface area contributed by atoms with Crippen molar-refractivity contribution in [2.24, 2.45) is 0 Å². The van der Waals surface area contributed by atoms with Gasteiger partial charge in [0.2, 0.25) is 5.78 Å². The number of hydrogen-bond donors (Lipinski definition) is 3. The van der Waals surface area contributed by atoms with Gasteiger partial charge in [-0.1, -0.05) is 0 Å². The number of H-pyrrole nitrogens is 3. The van der Waals surface area contributed by atoms with Gasteiger partial charge in [0.15, 0.2) is 0 Å². The predicted molar refractivity (Wildman–Crippen MR) is 60.9 cm³/mol. The molecule has 0 aliphatic rings. The van der Waals surface area contributed by atoms with E-state index in [1.165, 1.54) is 6.20 Å². The Morgan fingerprint density at radius 3 is 2.71 bits per heavy atom. The third kappa shape index (κ3) is 1.55. The summed E-state index contributed by atoms with van der Waals surface area (Å²) in [6.07, 6.45) is 1.52. The van der Waals surface area contributed by atoms with Gasteiger partial charge in [-0.15, -0.1) is 0 Å². The topological polar surface area (TPSA) is 94.4 Å². The van der Waals surface area contributed by atoms with E-state index in [2.05, 4.69) is 20.2 Å². The van der Waals surface area contributed by atoms with Crippen LogP contribution in [-0.4, -0.2) is 25.9 Å². The van der Waals surface area contributed by atoms with Gasteiger partial charge in [-0.05, 0) is 24.3 Å². The Morgan fingerprint density at radius 2 is 1.94 bits per heavy atom. The van der Waals surface area contributed by atoms with Crippen molar-refractivity contribution >= 4 is 16.8 Å². The molecule has 17 heavy (non-hydrogen) atoms. The molecule has 0 radical (unpaired) electrons. The third-order valence-electron chi connectivity index (χ3n) is 2.52. The van der Waals surface area contributed by atoms with Crippen molar-refractivity contribution in [1.29, 1.82) is 0 Å². The monoisotopic (exact) mass is 228 g/mol. The van der Waals surface area contributed by atoms with Crippen molar-refractivity contribution in [3.05, 3.63) is 52.2 Å². The second-order valence-corrected chi connectivity index (χ2v) is 3.64. The lowest BCUT2D eigenvalue weighted by molar-refractivity contribution is 0.103. The molecule has 6 heteroatoms. The Bertz CT molecular complexity index is 736. The highest BCUT2D eigenvalue weighted by Gasteiger charge is 2.11. The summed E-state index contributed by atoms with van der Waals surface area (Å²) in [7, 11) is 0. The molecule has 2 heterocycles. The minimum Gasteiger partial charge on any atom is -0.306 e. The molecule has 0 aliphatic carbocycles. The van der Waals surface area contributed by atoms with Crippen LogP contribution in [0.1, 0.15) is 16.1 Å². The number of carbonyl (C=O) groups excluding carboxylic acids is 1. The van der Waals surface area contributed by atoms with E-state index in [0.717, 1.165) is 0 Å². The molecule has 0 bridgehead atoms. The quantitative estimate of drug-likeness (QED) is 0.566. The van der Waals surface area contributed by atoms with E-state index in [1.807, 2.05) is 0 Å². The number of ketones is 1. The number of aromatic amines is 3. The molecule has 1 aromatic carbocycles. The molecule has 0 aliphatic heterocycles. The van der Waals surface area contributed by atoms with Crippen LogP contribution in [0.3, 0.4) is 0 Å². The molecule has 2 aromatic heterocycles. The SMILES string of the molecule is O=C(c1ccc2[nH]c(=O)[nH]c2c1)c1ccn[nH]1. The van der Waals surface area contributed by atoms with E-state index in [0.29, 0.717) is 22.3 Å². The highest BCUT2D eigenvalue weighted by atomic mass is 16.1. The molecule has 84 valence electrons. The van der Waals surface area contributed by atoms with Crippen LogP contribution in [0.4, 0.5) is 0 Å². The van der Waals surface area contributed by atoms with E-state index < -0.39 is 0 Å². The second-order valence-electron chi connectivity index (χ2n) is 3.64. The highest BCUT2D eigenvalue weighted by molar-refractivity contribution is 6.08. The summed E-state index contributed by atoms with van der Waals surface area (Å²) in [5.41, 5.74) is 1.92. The lowest BCUT2D eigenvalue weighted by Crippen LogP contribution is -2.01. The molecule has 0 saturated carbocycles. The van der Waals surface area contributed by atoms with Gasteiger partial charge in [0.1, 0.15) is 5.69 Å². The summed E-state index contributed by atoms with van der Waals surface area (Å²) in [6, 6.07) is 6.59. The van der Waals surface area contributed by atoms with Crippen molar-refractivity contribution < 1.29 is 4.79 Å². The van der Waals surface area contributed by atoms with Crippen molar-refractivity contribution in [1.82, 2.24) is 20.2 Å². The lowest BCUT2D eigenvalue weighted by atomic mass is 10.1. The summed E-state index contributed by atoms with van der Waals surface area (Å²) in [4.78, 5) is 28.3. The lowest BCUT2D eigenvalue weighted by Gasteiger charge is -1.97. The van der Waals surface area contributed by atoms with Crippen LogP contribution >= 0.6 is 0 Å². The van der Waals surface area contributed by atoms with E-state index >= 15 is 0 Å². The zero-order valence-corrected chi connectivity index (χ0v) is 8.65. The highest BCUT2D eigenvalue weighted by Crippen LogP contribution is 2.13. The molecule has 3 N–H and O–H groups in total. The van der Waals surface area contributed by atoms with Gasteiger partial charge in [0.05, 0.1) is 11.0 Å². The normalized spacial score (nSPS) is 10.8. The van der Waals surface area contributed by atoms with Crippen LogP contribution < -0.4 is 5.69 Å². The fourth-order valence-electron chi connectivity index (χ4n) is 1.71. The maximum Gasteiger partial charge on any atom is 0.323 e. The first-order chi connectivity index (χ1) is 8.24. The number of hydrogen-bond acceptors (Lipinski definition) is 3. The molecule has 0 saturated heterocycles. The van der Waals surface area contributed by atoms with E-state index in [9.17, 15) is 9.59 Å². The Kier molecular flexibility index (Phi) is 1.94. The molecule has 0 fully saturated rings. The van der Waals surface area contributed by atoms with Crippen LogP contribution in [0.15, 0.2) is 35.3 Å².